The molecule has 158 valence electrons. The number of alkyl halides is 1. The van der Waals surface area contributed by atoms with Gasteiger partial charge in [-0.05, 0) is 31.5 Å². The number of imide groups is 1. The molecule has 8 nitrogen and oxygen atoms in total. The van der Waals surface area contributed by atoms with Crippen LogP contribution in [0.2, 0.25) is 0 Å². The average Bonchev–Trinajstić information content (AvgIpc) is 2.98. The first-order valence-corrected chi connectivity index (χ1v) is 9.96. The van der Waals surface area contributed by atoms with E-state index in [1.54, 1.807) is 25.2 Å². The number of hydrogen-bond donors (Lipinski definition) is 2. The Morgan fingerprint density at radius 3 is 2.87 bits per heavy atom. The van der Waals surface area contributed by atoms with Crippen LogP contribution in [0.25, 0.3) is 11.0 Å². The number of imidazole rings is 1. The highest BCUT2D eigenvalue weighted by atomic mass is 19.1. The third-order valence-corrected chi connectivity index (χ3v) is 5.57. The molecule has 2 N–H and O–H groups in total. The second-order valence-corrected chi connectivity index (χ2v) is 7.51. The zero-order valence-electron chi connectivity index (χ0n) is 16.6. The lowest BCUT2D eigenvalue weighted by Crippen LogP contribution is -2.44. The third-order valence-electron chi connectivity index (χ3n) is 5.57. The molecule has 2 fully saturated rings. The van der Waals surface area contributed by atoms with Gasteiger partial charge in [0.2, 0.25) is 11.8 Å². The molecule has 0 spiro atoms. The van der Waals surface area contributed by atoms with Gasteiger partial charge in [-0.15, -0.1) is 0 Å². The number of hydrogen-bond acceptors (Lipinski definition) is 5. The number of para-hydroxylation sites is 1. The highest BCUT2D eigenvalue weighted by Gasteiger charge is 2.31. The van der Waals surface area contributed by atoms with Crippen LogP contribution in [0.3, 0.4) is 0 Å². The fourth-order valence-corrected chi connectivity index (χ4v) is 4.03. The van der Waals surface area contributed by atoms with Crippen LogP contribution in [0.15, 0.2) is 23.0 Å². The minimum absolute atomic E-state index is 0.0866. The van der Waals surface area contributed by atoms with E-state index in [1.807, 2.05) is 0 Å². The van der Waals surface area contributed by atoms with Gasteiger partial charge in [-0.1, -0.05) is 17.9 Å². The molecule has 2 aliphatic heterocycles. The van der Waals surface area contributed by atoms with Gasteiger partial charge in [-0.2, -0.15) is 0 Å². The number of halogens is 1. The van der Waals surface area contributed by atoms with Crippen molar-refractivity contribution in [3.05, 3.63) is 34.2 Å². The molecule has 0 saturated carbocycles. The van der Waals surface area contributed by atoms with Gasteiger partial charge in [0, 0.05) is 20.0 Å². The van der Waals surface area contributed by atoms with E-state index in [1.165, 1.54) is 9.13 Å². The highest BCUT2D eigenvalue weighted by molar-refractivity contribution is 6.00. The molecule has 3 atom stereocenters. The molecule has 0 radical (unpaired) electrons. The predicted molar refractivity (Wildman–Crippen MR) is 108 cm³/mol. The Hall–Kier alpha value is -2.96. The van der Waals surface area contributed by atoms with Gasteiger partial charge >= 0.3 is 5.69 Å². The molecule has 9 heteroatoms. The monoisotopic (exact) mass is 414 g/mol. The summed E-state index contributed by atoms with van der Waals surface area (Å²) in [6.07, 6.45) is -0.459. The molecule has 1 aromatic carbocycles. The minimum atomic E-state index is -1.05. The maximum absolute atomic E-state index is 13.8. The van der Waals surface area contributed by atoms with E-state index < -0.39 is 24.2 Å². The van der Waals surface area contributed by atoms with E-state index in [4.69, 9.17) is 4.74 Å². The van der Waals surface area contributed by atoms with E-state index in [0.29, 0.717) is 29.6 Å². The van der Waals surface area contributed by atoms with Gasteiger partial charge in [0.1, 0.15) is 18.8 Å². The molecule has 30 heavy (non-hydrogen) atoms. The number of aryl methyl sites for hydroxylation is 1. The summed E-state index contributed by atoms with van der Waals surface area (Å²) >= 11 is 0. The van der Waals surface area contributed by atoms with E-state index in [9.17, 15) is 18.8 Å². The quantitative estimate of drug-likeness (QED) is 0.560. The van der Waals surface area contributed by atoms with Gasteiger partial charge < -0.3 is 10.1 Å². The van der Waals surface area contributed by atoms with Crippen LogP contribution in [0.4, 0.5) is 4.39 Å². The van der Waals surface area contributed by atoms with Crippen molar-refractivity contribution in [3.63, 3.8) is 0 Å². The van der Waals surface area contributed by atoms with Crippen molar-refractivity contribution in [2.75, 3.05) is 19.7 Å². The molecule has 1 unspecified atom stereocenters. The van der Waals surface area contributed by atoms with Crippen molar-refractivity contribution < 1.29 is 18.7 Å². The number of ether oxygens (including phenoxy) is 1. The molecule has 2 saturated heterocycles. The standard InChI is InChI=1S/C21H23FN4O4/c1-25-19-13(5-3-11-30-17-9-10-23-12-14(17)22)4-2-6-15(19)26(21(25)29)16-7-8-18(27)24-20(16)28/h2,4,6,14,16-17,23H,7-12H2,1H3,(H,24,27,28)/t14-,16?,17+/m0/s1. The Bertz CT molecular complexity index is 1110. The largest absolute Gasteiger partial charge is 0.362 e. The molecule has 2 aromatic rings. The molecular weight excluding hydrogens is 391 g/mol. The van der Waals surface area contributed by atoms with Crippen LogP contribution in [0, 0.1) is 11.8 Å². The van der Waals surface area contributed by atoms with E-state index in [0.717, 1.165) is 0 Å². The fourth-order valence-electron chi connectivity index (χ4n) is 4.03. The van der Waals surface area contributed by atoms with Crippen molar-refractivity contribution in [1.29, 1.82) is 0 Å². The van der Waals surface area contributed by atoms with Crippen molar-refractivity contribution in [3.8, 4) is 11.8 Å². The summed E-state index contributed by atoms with van der Waals surface area (Å²) < 4.78 is 22.2. The Labute approximate surface area is 172 Å². The molecule has 4 rings (SSSR count). The Balaban J connectivity index is 1.61. The van der Waals surface area contributed by atoms with Crippen LogP contribution < -0.4 is 16.3 Å². The van der Waals surface area contributed by atoms with Crippen molar-refractivity contribution >= 4 is 22.8 Å². The van der Waals surface area contributed by atoms with Crippen molar-refractivity contribution in [2.24, 2.45) is 7.05 Å². The topological polar surface area (TPSA) is 94.4 Å². The summed E-state index contributed by atoms with van der Waals surface area (Å²) in [4.78, 5) is 36.6. The third kappa shape index (κ3) is 3.76. The first kappa shape index (κ1) is 20.3. The summed E-state index contributed by atoms with van der Waals surface area (Å²) in [6, 6.07) is 4.56. The molecule has 0 bridgehead atoms. The zero-order valence-corrected chi connectivity index (χ0v) is 16.6. The fraction of sp³-hybridized carbons (Fsp3) is 0.476. The number of rotatable bonds is 3. The Morgan fingerprint density at radius 2 is 2.10 bits per heavy atom. The summed E-state index contributed by atoms with van der Waals surface area (Å²) in [7, 11) is 1.62. The Morgan fingerprint density at radius 1 is 1.27 bits per heavy atom. The predicted octanol–water partition coefficient (Wildman–Crippen LogP) is 0.386. The van der Waals surface area contributed by atoms with Crippen LogP contribution in [0.1, 0.15) is 30.9 Å². The number of carbonyl (C=O) groups excluding carboxylic acids is 2. The SMILES string of the molecule is Cn1c(=O)n(C2CCC(=O)NC2=O)c2cccc(C#CCO[C@@H]3CCNC[C@@H]3F)c21. The maximum Gasteiger partial charge on any atom is 0.329 e. The van der Waals surface area contributed by atoms with Gasteiger partial charge in [0.15, 0.2) is 0 Å². The first-order valence-electron chi connectivity index (χ1n) is 9.96. The number of nitrogens with one attached hydrogen (secondary N) is 2. The number of nitrogens with zero attached hydrogens (tertiary/aromatic N) is 2. The number of aromatic nitrogens is 2. The second-order valence-electron chi connectivity index (χ2n) is 7.51. The molecule has 3 heterocycles. The molecule has 2 amide bonds. The van der Waals surface area contributed by atoms with E-state index in [-0.39, 0.29) is 37.6 Å². The lowest BCUT2D eigenvalue weighted by Gasteiger charge is -2.25. The summed E-state index contributed by atoms with van der Waals surface area (Å²) in [5, 5.41) is 5.27. The summed E-state index contributed by atoms with van der Waals surface area (Å²) in [6.45, 7) is 1.09. The summed E-state index contributed by atoms with van der Waals surface area (Å²) in [5.41, 5.74) is 1.45. The smallest absolute Gasteiger partial charge is 0.329 e. The van der Waals surface area contributed by atoms with Gasteiger partial charge in [0.05, 0.1) is 22.7 Å². The van der Waals surface area contributed by atoms with Gasteiger partial charge in [-0.3, -0.25) is 24.0 Å². The average molecular weight is 414 g/mol. The number of amides is 2. The van der Waals surface area contributed by atoms with Crippen LogP contribution in [-0.2, 0) is 21.4 Å². The van der Waals surface area contributed by atoms with E-state index in [2.05, 4.69) is 22.5 Å². The van der Waals surface area contributed by atoms with Crippen LogP contribution >= 0.6 is 0 Å². The molecule has 2 aliphatic rings. The highest BCUT2D eigenvalue weighted by Crippen LogP contribution is 2.24. The lowest BCUT2D eigenvalue weighted by molar-refractivity contribution is -0.135. The molecule has 1 aromatic heterocycles. The van der Waals surface area contributed by atoms with Gasteiger partial charge in [-0.25, -0.2) is 9.18 Å². The normalized spacial score (nSPS) is 24.4. The first-order chi connectivity index (χ1) is 14.5. The van der Waals surface area contributed by atoms with Crippen molar-refractivity contribution in [2.45, 2.75) is 37.6 Å². The van der Waals surface area contributed by atoms with Crippen LogP contribution in [-0.4, -0.2) is 52.9 Å². The second kappa shape index (κ2) is 8.42. The van der Waals surface area contributed by atoms with Crippen molar-refractivity contribution in [1.82, 2.24) is 19.8 Å². The molecule has 0 aliphatic carbocycles. The number of benzene rings is 1. The number of fused-ring (bicyclic) bond motifs is 1. The van der Waals surface area contributed by atoms with E-state index >= 15 is 0 Å². The number of piperidine rings is 2. The van der Waals surface area contributed by atoms with Gasteiger partial charge in [0.25, 0.3) is 0 Å². The van der Waals surface area contributed by atoms with Crippen LogP contribution in [0.5, 0.6) is 0 Å². The lowest BCUT2D eigenvalue weighted by atomic mass is 10.1. The summed E-state index contributed by atoms with van der Waals surface area (Å²) in [5.74, 6) is 5.10. The Kier molecular flexibility index (Phi) is 5.70. The maximum atomic E-state index is 13.8. The zero-order chi connectivity index (χ0) is 21.3. The minimum Gasteiger partial charge on any atom is -0.362 e. The molecular formula is C21H23FN4O4. The number of carbonyl (C=O) groups is 2.